The molecule has 0 aliphatic heterocycles. The van der Waals surface area contributed by atoms with Crippen LogP contribution in [0.15, 0.2) is 29.4 Å². The van der Waals surface area contributed by atoms with E-state index in [2.05, 4.69) is 19.7 Å². The Morgan fingerprint density at radius 3 is 2.35 bits per heavy atom. The summed E-state index contributed by atoms with van der Waals surface area (Å²) >= 11 is 0. The molecule has 3 aromatic rings. The molecule has 186 valence electrons. The summed E-state index contributed by atoms with van der Waals surface area (Å²) in [4.78, 5) is 23.9. The number of aromatic nitrogens is 4. The summed E-state index contributed by atoms with van der Waals surface area (Å²) in [7, 11) is 2.01. The maximum absolute atomic E-state index is 14.1. The largest absolute Gasteiger partial charge is 0.482 e. The van der Waals surface area contributed by atoms with Crippen LogP contribution in [0.2, 0.25) is 0 Å². The Bertz CT molecular complexity index is 1250. The molecule has 0 radical (unpaired) electrons. The van der Waals surface area contributed by atoms with E-state index in [-0.39, 0.29) is 38.7 Å². The van der Waals surface area contributed by atoms with Gasteiger partial charge in [0.25, 0.3) is 0 Å². The van der Waals surface area contributed by atoms with Gasteiger partial charge in [0.15, 0.2) is 5.82 Å². The van der Waals surface area contributed by atoms with Gasteiger partial charge in [-0.25, -0.2) is 15.0 Å². The number of hydrogen-bond acceptors (Lipinski definition) is 6. The van der Waals surface area contributed by atoms with Gasteiger partial charge >= 0.3 is 18.2 Å². The van der Waals surface area contributed by atoms with Crippen molar-refractivity contribution in [2.75, 3.05) is 19.8 Å². The van der Waals surface area contributed by atoms with Crippen molar-refractivity contribution in [1.82, 2.24) is 24.4 Å². The molecule has 9 nitrogen and oxygen atoms in total. The van der Waals surface area contributed by atoms with Gasteiger partial charge < -0.3 is 19.7 Å². The lowest BCUT2D eigenvalue weighted by molar-refractivity contribution is -0.201. The molecule has 0 bridgehead atoms. The molecule has 1 unspecified atom stereocenters. The molecular weight excluding hydrogens is 489 g/mol. The molecule has 2 N–H and O–H groups in total. The first-order chi connectivity index (χ1) is 15.3. The number of nitrogens with zero attached hydrogens (tertiary/aromatic N) is 5. The lowest BCUT2D eigenvalue weighted by atomic mass is 10.3. The number of amides is 1. The van der Waals surface area contributed by atoms with Crippen LogP contribution in [0.25, 0.3) is 22.6 Å². The average molecular weight is 509 g/mol. The van der Waals surface area contributed by atoms with E-state index in [1.807, 2.05) is 0 Å². The van der Waals surface area contributed by atoms with E-state index in [4.69, 9.17) is 0 Å². The number of carbonyl (C=O) groups excluding carboxylic acids is 1. The van der Waals surface area contributed by atoms with Crippen molar-refractivity contribution in [2.24, 2.45) is 7.05 Å². The molecule has 0 saturated heterocycles. The van der Waals surface area contributed by atoms with Crippen molar-refractivity contribution in [1.29, 1.82) is 0 Å². The maximum Gasteiger partial charge on any atom is 0.482 e. The number of aryl methyl sites for hydroxylation is 1. The SMILES string of the molecule is CCS(=O)c1cc(OC(F)(F)C(=O)N(C)C)cnc1-c1nc2cc(C(F)(F)F)ncc2n1C.O. The first-order valence-electron chi connectivity index (χ1n) is 9.33. The summed E-state index contributed by atoms with van der Waals surface area (Å²) in [6.45, 7) is 1.58. The average Bonchev–Trinajstić information content (AvgIpc) is 3.07. The molecule has 0 fully saturated rings. The number of likely N-dealkylation sites (N-methyl/N-ethyl adjacent to an activating group) is 1. The number of hydrogen-bond donors (Lipinski definition) is 0. The molecule has 0 saturated carbocycles. The van der Waals surface area contributed by atoms with E-state index in [0.717, 1.165) is 38.6 Å². The van der Waals surface area contributed by atoms with Crippen molar-refractivity contribution in [2.45, 2.75) is 24.1 Å². The van der Waals surface area contributed by atoms with Crippen molar-refractivity contribution >= 4 is 27.7 Å². The number of fused-ring (bicyclic) bond motifs is 1. The molecule has 0 aliphatic carbocycles. The zero-order valence-electron chi connectivity index (χ0n) is 18.3. The van der Waals surface area contributed by atoms with E-state index < -0.39 is 40.4 Å². The third-order valence-electron chi connectivity index (χ3n) is 4.51. The molecular formula is C19H20F5N5O4S. The first kappa shape index (κ1) is 27.0. The van der Waals surface area contributed by atoms with Crippen LogP contribution in [0.3, 0.4) is 0 Å². The van der Waals surface area contributed by atoms with E-state index in [0.29, 0.717) is 4.90 Å². The highest BCUT2D eigenvalue weighted by atomic mass is 32.2. The number of halogens is 5. The normalized spacial score (nSPS) is 12.9. The number of rotatable bonds is 6. The zero-order chi connectivity index (χ0) is 24.7. The minimum atomic E-state index is -4.67. The summed E-state index contributed by atoms with van der Waals surface area (Å²) in [6, 6.07) is 1.80. The minimum absolute atomic E-state index is 0. The monoisotopic (exact) mass is 509 g/mol. The first-order valence-corrected chi connectivity index (χ1v) is 10.6. The highest BCUT2D eigenvalue weighted by Gasteiger charge is 2.44. The van der Waals surface area contributed by atoms with E-state index in [1.165, 1.54) is 11.6 Å². The molecule has 3 rings (SSSR count). The van der Waals surface area contributed by atoms with E-state index >= 15 is 0 Å². The van der Waals surface area contributed by atoms with Gasteiger partial charge in [0.05, 0.1) is 39.1 Å². The fourth-order valence-corrected chi connectivity index (χ4v) is 3.81. The predicted molar refractivity (Wildman–Crippen MR) is 112 cm³/mol. The van der Waals surface area contributed by atoms with Crippen LogP contribution in [-0.4, -0.2) is 66.0 Å². The maximum atomic E-state index is 14.1. The summed E-state index contributed by atoms with van der Waals surface area (Å²) < 4.78 is 85.7. The Balaban J connectivity index is 0.00000408. The van der Waals surface area contributed by atoms with E-state index in [1.54, 1.807) is 6.92 Å². The van der Waals surface area contributed by atoms with Crippen molar-refractivity contribution in [3.05, 3.63) is 30.2 Å². The van der Waals surface area contributed by atoms with Crippen LogP contribution in [-0.2, 0) is 28.8 Å². The summed E-state index contributed by atoms with van der Waals surface area (Å²) in [6.07, 6.45) is -6.99. The Labute approximate surface area is 192 Å². The van der Waals surface area contributed by atoms with Crippen LogP contribution >= 0.6 is 0 Å². The Kier molecular flexibility index (Phi) is 7.62. The Morgan fingerprint density at radius 1 is 1.15 bits per heavy atom. The van der Waals surface area contributed by atoms with Gasteiger partial charge in [-0.05, 0) is 6.07 Å². The molecule has 34 heavy (non-hydrogen) atoms. The zero-order valence-corrected chi connectivity index (χ0v) is 19.1. The Hall–Kier alpha value is -3.20. The quantitative estimate of drug-likeness (QED) is 0.471. The summed E-state index contributed by atoms with van der Waals surface area (Å²) in [5.74, 6) is -2.00. The highest BCUT2D eigenvalue weighted by molar-refractivity contribution is 7.85. The van der Waals surface area contributed by atoms with Crippen LogP contribution in [0.4, 0.5) is 22.0 Å². The van der Waals surface area contributed by atoms with E-state index in [9.17, 15) is 31.0 Å². The van der Waals surface area contributed by atoms with Gasteiger partial charge in [-0.15, -0.1) is 0 Å². The van der Waals surface area contributed by atoms with Crippen LogP contribution in [0.5, 0.6) is 5.75 Å². The molecule has 3 heterocycles. The number of alkyl halides is 5. The summed E-state index contributed by atoms with van der Waals surface area (Å²) in [5.41, 5.74) is -0.927. The number of carbonyl (C=O) groups is 1. The smallest absolute Gasteiger partial charge is 0.424 e. The number of imidazole rings is 1. The van der Waals surface area contributed by atoms with Crippen LogP contribution in [0.1, 0.15) is 12.6 Å². The van der Waals surface area contributed by atoms with Crippen LogP contribution in [0, 0.1) is 0 Å². The molecule has 0 aromatic carbocycles. The van der Waals surface area contributed by atoms with Gasteiger partial charge in [-0.3, -0.25) is 9.00 Å². The third kappa shape index (κ3) is 5.14. The predicted octanol–water partition coefficient (Wildman–Crippen LogP) is 2.41. The van der Waals surface area contributed by atoms with Gasteiger partial charge in [-0.2, -0.15) is 22.0 Å². The van der Waals surface area contributed by atoms with Gasteiger partial charge in [0.1, 0.15) is 17.1 Å². The second-order valence-electron chi connectivity index (χ2n) is 7.02. The fraction of sp³-hybridized carbons (Fsp3) is 0.368. The molecule has 0 aliphatic rings. The van der Waals surface area contributed by atoms with Crippen molar-refractivity contribution in [3.63, 3.8) is 0 Å². The lowest BCUT2D eigenvalue weighted by Gasteiger charge is -2.20. The second-order valence-corrected chi connectivity index (χ2v) is 8.73. The molecule has 3 aromatic heterocycles. The van der Waals surface area contributed by atoms with Gasteiger partial charge in [0, 0.05) is 33.0 Å². The molecule has 1 atom stereocenters. The lowest BCUT2D eigenvalue weighted by Crippen LogP contribution is -2.43. The number of ether oxygens (including phenoxy) is 1. The standard InChI is InChI=1S/C19H18F5N5O3S.H2O/c1-5-33(31)13-6-10(32-19(23,24)17(30)28(2)3)8-26-15(13)16-27-11-7-14(18(20,21)22)25-9-12(11)29(16)4;/h6-9H,5H2,1-4H3;1H2. The molecule has 1 amide bonds. The third-order valence-corrected chi connectivity index (χ3v) is 5.83. The molecule has 15 heteroatoms. The Morgan fingerprint density at radius 2 is 1.79 bits per heavy atom. The fourth-order valence-electron chi connectivity index (χ4n) is 2.89. The number of pyridine rings is 2. The minimum Gasteiger partial charge on any atom is -0.424 e. The topological polar surface area (TPSA) is 122 Å². The molecule has 0 spiro atoms. The highest BCUT2D eigenvalue weighted by Crippen LogP contribution is 2.33. The second kappa shape index (κ2) is 9.58. The summed E-state index contributed by atoms with van der Waals surface area (Å²) in [5, 5.41) is 0. The van der Waals surface area contributed by atoms with Gasteiger partial charge in [-0.1, -0.05) is 6.92 Å². The van der Waals surface area contributed by atoms with Gasteiger partial charge in [0.2, 0.25) is 0 Å². The van der Waals surface area contributed by atoms with Crippen molar-refractivity contribution < 1.29 is 41.2 Å². The van der Waals surface area contributed by atoms with Crippen LogP contribution < -0.4 is 4.74 Å². The van der Waals surface area contributed by atoms with Crippen molar-refractivity contribution in [3.8, 4) is 17.3 Å².